The van der Waals surface area contributed by atoms with Crippen LogP contribution in [0.2, 0.25) is 0 Å². The molecule has 1 heterocycles. The zero-order chi connectivity index (χ0) is 10.4. The summed E-state index contributed by atoms with van der Waals surface area (Å²) >= 11 is 0. The average molecular weight is 192 g/mol. The Labute approximate surface area is 82.6 Å². The molecule has 14 heavy (non-hydrogen) atoms. The number of carbonyl (C=O) groups excluding carboxylic acids is 1. The van der Waals surface area contributed by atoms with Crippen molar-refractivity contribution in [2.75, 3.05) is 7.11 Å². The first kappa shape index (κ1) is 10.4. The Morgan fingerprint density at radius 3 is 2.71 bits per heavy atom. The van der Waals surface area contributed by atoms with Crippen LogP contribution in [-0.2, 0) is 9.53 Å². The molecule has 0 aromatic carbocycles. The van der Waals surface area contributed by atoms with Crippen molar-refractivity contribution in [3.05, 3.63) is 29.9 Å². The topological polar surface area (TPSA) is 52.1 Å². The fourth-order valence-electron chi connectivity index (χ4n) is 0.863. The van der Waals surface area contributed by atoms with Crippen molar-refractivity contribution in [1.82, 2.24) is 9.97 Å². The van der Waals surface area contributed by atoms with Crippen LogP contribution in [0.5, 0.6) is 0 Å². The standard InChI is InChI=1S/C10H12N2O2/c1-8-11-6-9(7-12-8)4-3-5-10(13)14-2/h3-4,6-7H,5H2,1-2H3. The molecule has 0 spiro atoms. The van der Waals surface area contributed by atoms with Gasteiger partial charge in [-0.25, -0.2) is 9.97 Å². The molecule has 0 aliphatic carbocycles. The van der Waals surface area contributed by atoms with Gasteiger partial charge < -0.3 is 4.74 Å². The molecule has 0 atom stereocenters. The molecule has 0 aliphatic rings. The van der Waals surface area contributed by atoms with E-state index in [-0.39, 0.29) is 12.4 Å². The van der Waals surface area contributed by atoms with Gasteiger partial charge in [0.05, 0.1) is 13.5 Å². The highest BCUT2D eigenvalue weighted by atomic mass is 16.5. The van der Waals surface area contributed by atoms with Crippen molar-refractivity contribution in [3.8, 4) is 0 Å². The summed E-state index contributed by atoms with van der Waals surface area (Å²) in [7, 11) is 1.37. The van der Waals surface area contributed by atoms with Crippen LogP contribution < -0.4 is 0 Å². The van der Waals surface area contributed by atoms with Crippen LogP contribution in [0.25, 0.3) is 6.08 Å². The number of esters is 1. The van der Waals surface area contributed by atoms with Gasteiger partial charge in [0.15, 0.2) is 0 Å². The summed E-state index contributed by atoms with van der Waals surface area (Å²) in [6.45, 7) is 1.82. The molecule has 0 N–H and O–H groups in total. The van der Waals surface area contributed by atoms with E-state index in [0.29, 0.717) is 0 Å². The molecule has 0 bridgehead atoms. The molecule has 74 valence electrons. The van der Waals surface area contributed by atoms with Crippen molar-refractivity contribution in [2.24, 2.45) is 0 Å². The van der Waals surface area contributed by atoms with E-state index in [1.807, 2.05) is 6.92 Å². The summed E-state index contributed by atoms with van der Waals surface area (Å²) in [6.07, 6.45) is 7.19. The fourth-order valence-corrected chi connectivity index (χ4v) is 0.863. The number of carbonyl (C=O) groups is 1. The SMILES string of the molecule is COC(=O)CC=Cc1cnc(C)nc1. The Balaban J connectivity index is 2.52. The quantitative estimate of drug-likeness (QED) is 0.678. The summed E-state index contributed by atoms with van der Waals surface area (Å²) in [5, 5.41) is 0. The van der Waals surface area contributed by atoms with Gasteiger partial charge in [-0.1, -0.05) is 12.2 Å². The molecule has 0 fully saturated rings. The van der Waals surface area contributed by atoms with E-state index in [0.717, 1.165) is 11.4 Å². The van der Waals surface area contributed by atoms with E-state index in [9.17, 15) is 4.79 Å². The van der Waals surface area contributed by atoms with Gasteiger partial charge in [0.25, 0.3) is 0 Å². The van der Waals surface area contributed by atoms with Crippen LogP contribution in [0.1, 0.15) is 17.8 Å². The summed E-state index contributed by atoms with van der Waals surface area (Å²) in [4.78, 5) is 18.8. The van der Waals surface area contributed by atoms with Gasteiger partial charge in [-0.15, -0.1) is 0 Å². The van der Waals surface area contributed by atoms with Gasteiger partial charge in [-0.2, -0.15) is 0 Å². The second-order valence-electron chi connectivity index (χ2n) is 2.75. The summed E-state index contributed by atoms with van der Waals surface area (Å²) in [5.41, 5.74) is 0.875. The smallest absolute Gasteiger partial charge is 0.309 e. The highest BCUT2D eigenvalue weighted by molar-refractivity contribution is 5.72. The molecular weight excluding hydrogens is 180 g/mol. The van der Waals surface area contributed by atoms with Gasteiger partial charge in [0.2, 0.25) is 0 Å². The lowest BCUT2D eigenvalue weighted by atomic mass is 10.3. The van der Waals surface area contributed by atoms with E-state index in [1.54, 1.807) is 24.5 Å². The summed E-state index contributed by atoms with van der Waals surface area (Å²) < 4.78 is 4.49. The van der Waals surface area contributed by atoms with Gasteiger partial charge >= 0.3 is 5.97 Å². The molecule has 0 radical (unpaired) electrons. The first-order chi connectivity index (χ1) is 6.72. The second kappa shape index (κ2) is 5.11. The lowest BCUT2D eigenvalue weighted by Crippen LogP contribution is -1.96. The summed E-state index contributed by atoms with van der Waals surface area (Å²) in [5.74, 6) is 0.476. The minimum absolute atomic E-state index is 0.255. The van der Waals surface area contributed by atoms with Gasteiger partial charge in [-0.05, 0) is 6.92 Å². The molecule has 0 amide bonds. The second-order valence-corrected chi connectivity index (χ2v) is 2.75. The first-order valence-electron chi connectivity index (χ1n) is 4.24. The predicted octanol–water partition coefficient (Wildman–Crippen LogP) is 1.36. The Morgan fingerprint density at radius 2 is 2.14 bits per heavy atom. The Kier molecular flexibility index (Phi) is 3.79. The zero-order valence-corrected chi connectivity index (χ0v) is 8.23. The van der Waals surface area contributed by atoms with Crippen molar-refractivity contribution in [3.63, 3.8) is 0 Å². The molecule has 1 aromatic heterocycles. The largest absolute Gasteiger partial charge is 0.469 e. The number of nitrogens with zero attached hydrogens (tertiary/aromatic N) is 2. The monoisotopic (exact) mass is 192 g/mol. The molecule has 0 unspecified atom stereocenters. The third kappa shape index (κ3) is 3.35. The highest BCUT2D eigenvalue weighted by Crippen LogP contribution is 1.99. The molecule has 4 nitrogen and oxygen atoms in total. The Morgan fingerprint density at radius 1 is 1.50 bits per heavy atom. The Bertz CT molecular complexity index is 330. The normalized spacial score (nSPS) is 10.4. The molecular formula is C10H12N2O2. The van der Waals surface area contributed by atoms with Crippen molar-refractivity contribution < 1.29 is 9.53 Å². The van der Waals surface area contributed by atoms with Gasteiger partial charge in [0.1, 0.15) is 5.82 Å². The number of aromatic nitrogens is 2. The van der Waals surface area contributed by atoms with E-state index in [4.69, 9.17) is 0 Å². The third-order valence-electron chi connectivity index (χ3n) is 1.62. The van der Waals surface area contributed by atoms with E-state index >= 15 is 0 Å². The van der Waals surface area contributed by atoms with Crippen LogP contribution in [0, 0.1) is 6.92 Å². The van der Waals surface area contributed by atoms with Crippen LogP contribution in [0.4, 0.5) is 0 Å². The van der Waals surface area contributed by atoms with E-state index in [1.165, 1.54) is 7.11 Å². The predicted molar refractivity (Wildman–Crippen MR) is 52.4 cm³/mol. The molecule has 4 heteroatoms. The lowest BCUT2D eigenvalue weighted by Gasteiger charge is -1.94. The van der Waals surface area contributed by atoms with E-state index < -0.39 is 0 Å². The van der Waals surface area contributed by atoms with Crippen molar-refractivity contribution in [1.29, 1.82) is 0 Å². The maximum absolute atomic E-state index is 10.8. The Hall–Kier alpha value is -1.71. The van der Waals surface area contributed by atoms with Crippen molar-refractivity contribution >= 4 is 12.0 Å². The number of methoxy groups -OCH3 is 1. The number of rotatable bonds is 3. The van der Waals surface area contributed by atoms with Gasteiger partial charge in [0, 0.05) is 18.0 Å². The third-order valence-corrected chi connectivity index (χ3v) is 1.62. The molecule has 1 aromatic rings. The fraction of sp³-hybridized carbons (Fsp3) is 0.300. The number of hydrogen-bond donors (Lipinski definition) is 0. The van der Waals surface area contributed by atoms with Crippen LogP contribution in [0.15, 0.2) is 18.5 Å². The minimum Gasteiger partial charge on any atom is -0.469 e. The maximum Gasteiger partial charge on any atom is 0.309 e. The van der Waals surface area contributed by atoms with Crippen molar-refractivity contribution in [2.45, 2.75) is 13.3 Å². The first-order valence-corrected chi connectivity index (χ1v) is 4.24. The number of aryl methyl sites for hydroxylation is 1. The molecule has 0 aliphatic heterocycles. The molecule has 0 saturated carbocycles. The molecule has 0 saturated heterocycles. The number of ether oxygens (including phenoxy) is 1. The van der Waals surface area contributed by atoms with Gasteiger partial charge in [-0.3, -0.25) is 4.79 Å². The lowest BCUT2D eigenvalue weighted by molar-refractivity contribution is -0.139. The zero-order valence-electron chi connectivity index (χ0n) is 8.23. The highest BCUT2D eigenvalue weighted by Gasteiger charge is 1.94. The van der Waals surface area contributed by atoms with E-state index in [2.05, 4.69) is 14.7 Å². The average Bonchev–Trinajstić information content (AvgIpc) is 2.21. The molecule has 1 rings (SSSR count). The van der Waals surface area contributed by atoms with Crippen LogP contribution >= 0.6 is 0 Å². The number of hydrogen-bond acceptors (Lipinski definition) is 4. The van der Waals surface area contributed by atoms with Crippen LogP contribution in [0.3, 0.4) is 0 Å². The summed E-state index contributed by atoms with van der Waals surface area (Å²) in [6, 6.07) is 0. The van der Waals surface area contributed by atoms with Crippen LogP contribution in [-0.4, -0.2) is 23.0 Å². The maximum atomic E-state index is 10.8. The minimum atomic E-state index is -0.255.